The van der Waals surface area contributed by atoms with Crippen molar-refractivity contribution >= 4 is 10.8 Å². The smallest absolute Gasteiger partial charge is 0.134 e. The molecule has 1 aromatic heterocycles. The standard InChI is InChI=1S/C16H12FNO/c1-19-12-5-6-14(16(17)9-12)13-4-2-3-11-7-8-18-10-15(11)13/h2-10H,1H3. The van der Waals surface area contributed by atoms with Crippen molar-refractivity contribution in [2.75, 3.05) is 7.11 Å². The number of nitrogens with zero attached hydrogens (tertiary/aromatic N) is 1. The van der Waals surface area contributed by atoms with E-state index in [2.05, 4.69) is 4.98 Å². The Kier molecular flexibility index (Phi) is 2.88. The molecule has 3 heteroatoms. The summed E-state index contributed by atoms with van der Waals surface area (Å²) in [5.41, 5.74) is 1.39. The highest BCUT2D eigenvalue weighted by molar-refractivity contribution is 5.96. The van der Waals surface area contributed by atoms with Crippen molar-refractivity contribution in [2.24, 2.45) is 0 Å². The van der Waals surface area contributed by atoms with E-state index in [1.54, 1.807) is 24.5 Å². The number of methoxy groups -OCH3 is 1. The van der Waals surface area contributed by atoms with Crippen molar-refractivity contribution in [3.8, 4) is 16.9 Å². The average Bonchev–Trinajstić information content (AvgIpc) is 2.46. The van der Waals surface area contributed by atoms with Gasteiger partial charge in [0, 0.05) is 29.4 Å². The molecule has 0 aliphatic heterocycles. The number of ether oxygens (including phenoxy) is 1. The molecule has 0 saturated heterocycles. The lowest BCUT2D eigenvalue weighted by Crippen LogP contribution is -1.89. The first-order chi connectivity index (χ1) is 9.29. The Bertz CT molecular complexity index is 734. The molecule has 1 heterocycles. The van der Waals surface area contributed by atoms with Crippen LogP contribution in [0.2, 0.25) is 0 Å². The van der Waals surface area contributed by atoms with Crippen molar-refractivity contribution in [2.45, 2.75) is 0 Å². The molecule has 0 bridgehead atoms. The number of rotatable bonds is 2. The summed E-state index contributed by atoms with van der Waals surface area (Å²) < 4.78 is 19.2. The van der Waals surface area contributed by atoms with E-state index in [1.807, 2.05) is 24.3 Å². The molecule has 0 atom stereocenters. The Labute approximate surface area is 110 Å². The number of aromatic nitrogens is 1. The second-order valence-electron chi connectivity index (χ2n) is 4.25. The number of hydrogen-bond donors (Lipinski definition) is 0. The van der Waals surface area contributed by atoms with E-state index in [-0.39, 0.29) is 5.82 Å². The van der Waals surface area contributed by atoms with Gasteiger partial charge in [-0.15, -0.1) is 0 Å². The minimum atomic E-state index is -0.296. The predicted octanol–water partition coefficient (Wildman–Crippen LogP) is 4.05. The van der Waals surface area contributed by atoms with Crippen molar-refractivity contribution < 1.29 is 9.13 Å². The van der Waals surface area contributed by atoms with Crippen LogP contribution in [0.4, 0.5) is 4.39 Å². The normalized spacial score (nSPS) is 10.6. The lowest BCUT2D eigenvalue weighted by atomic mass is 9.99. The van der Waals surface area contributed by atoms with Crippen LogP contribution in [-0.4, -0.2) is 12.1 Å². The Morgan fingerprint density at radius 3 is 2.74 bits per heavy atom. The van der Waals surface area contributed by atoms with E-state index in [0.29, 0.717) is 11.3 Å². The van der Waals surface area contributed by atoms with Gasteiger partial charge in [-0.05, 0) is 29.1 Å². The van der Waals surface area contributed by atoms with Crippen LogP contribution in [0.15, 0.2) is 54.9 Å². The zero-order valence-electron chi connectivity index (χ0n) is 10.4. The van der Waals surface area contributed by atoms with Gasteiger partial charge in [-0.1, -0.05) is 18.2 Å². The molecule has 0 unspecified atom stereocenters. The van der Waals surface area contributed by atoms with E-state index in [9.17, 15) is 4.39 Å². The van der Waals surface area contributed by atoms with Crippen LogP contribution in [0.25, 0.3) is 21.9 Å². The Morgan fingerprint density at radius 2 is 1.95 bits per heavy atom. The summed E-state index contributed by atoms with van der Waals surface area (Å²) in [4.78, 5) is 4.12. The monoisotopic (exact) mass is 253 g/mol. The van der Waals surface area contributed by atoms with Crippen LogP contribution < -0.4 is 4.74 Å². The van der Waals surface area contributed by atoms with Crippen LogP contribution in [-0.2, 0) is 0 Å². The van der Waals surface area contributed by atoms with Gasteiger partial charge in [0.1, 0.15) is 11.6 Å². The maximum atomic E-state index is 14.2. The fourth-order valence-electron chi connectivity index (χ4n) is 2.19. The maximum absolute atomic E-state index is 14.2. The van der Waals surface area contributed by atoms with Gasteiger partial charge in [0.25, 0.3) is 0 Å². The van der Waals surface area contributed by atoms with Crippen molar-refractivity contribution in [3.05, 3.63) is 60.7 Å². The molecular formula is C16H12FNO. The molecule has 3 rings (SSSR count). The summed E-state index contributed by atoms with van der Waals surface area (Å²) >= 11 is 0. The van der Waals surface area contributed by atoms with Gasteiger partial charge in [-0.2, -0.15) is 0 Å². The first kappa shape index (κ1) is 11.7. The van der Waals surface area contributed by atoms with Gasteiger partial charge in [0.15, 0.2) is 0 Å². The first-order valence-corrected chi connectivity index (χ1v) is 5.96. The number of fused-ring (bicyclic) bond motifs is 1. The molecule has 0 radical (unpaired) electrons. The van der Waals surface area contributed by atoms with Crippen LogP contribution in [0.3, 0.4) is 0 Å². The average molecular weight is 253 g/mol. The SMILES string of the molecule is COc1ccc(-c2cccc3ccncc23)c(F)c1. The molecule has 19 heavy (non-hydrogen) atoms. The molecule has 2 nitrogen and oxygen atoms in total. The highest BCUT2D eigenvalue weighted by atomic mass is 19.1. The highest BCUT2D eigenvalue weighted by Crippen LogP contribution is 2.31. The summed E-state index contributed by atoms with van der Waals surface area (Å²) in [5.74, 6) is 0.218. The Hall–Kier alpha value is -2.42. The molecule has 0 aliphatic rings. The lowest BCUT2D eigenvalue weighted by molar-refractivity contribution is 0.411. The van der Waals surface area contributed by atoms with Crippen LogP contribution >= 0.6 is 0 Å². The Morgan fingerprint density at radius 1 is 1.05 bits per heavy atom. The molecular weight excluding hydrogens is 241 g/mol. The van der Waals surface area contributed by atoms with E-state index in [4.69, 9.17) is 4.74 Å². The van der Waals surface area contributed by atoms with Crippen molar-refractivity contribution in [3.63, 3.8) is 0 Å². The molecule has 0 spiro atoms. The third-order valence-electron chi connectivity index (χ3n) is 3.15. The zero-order chi connectivity index (χ0) is 13.2. The molecule has 0 N–H and O–H groups in total. The largest absolute Gasteiger partial charge is 0.497 e. The lowest BCUT2D eigenvalue weighted by Gasteiger charge is -2.08. The Balaban J connectivity index is 2.24. The van der Waals surface area contributed by atoms with Crippen LogP contribution in [0.5, 0.6) is 5.75 Å². The van der Waals surface area contributed by atoms with E-state index in [1.165, 1.54) is 13.2 Å². The quantitative estimate of drug-likeness (QED) is 0.687. The fraction of sp³-hybridized carbons (Fsp3) is 0.0625. The molecule has 0 fully saturated rings. The minimum absolute atomic E-state index is 0.296. The van der Waals surface area contributed by atoms with Crippen LogP contribution in [0, 0.1) is 5.82 Å². The van der Waals surface area contributed by atoms with Gasteiger partial charge in [0.05, 0.1) is 7.11 Å². The summed E-state index contributed by atoms with van der Waals surface area (Å²) in [6.07, 6.45) is 3.49. The number of pyridine rings is 1. The molecule has 94 valence electrons. The summed E-state index contributed by atoms with van der Waals surface area (Å²) in [6.45, 7) is 0. The topological polar surface area (TPSA) is 22.1 Å². The summed E-state index contributed by atoms with van der Waals surface area (Å²) in [5, 5.41) is 1.98. The van der Waals surface area contributed by atoms with Crippen molar-refractivity contribution in [1.82, 2.24) is 4.98 Å². The highest BCUT2D eigenvalue weighted by Gasteiger charge is 2.09. The second kappa shape index (κ2) is 4.69. The van der Waals surface area contributed by atoms with Gasteiger partial charge in [-0.25, -0.2) is 4.39 Å². The van der Waals surface area contributed by atoms with Crippen molar-refractivity contribution in [1.29, 1.82) is 0 Å². The predicted molar refractivity (Wildman–Crippen MR) is 73.7 cm³/mol. The third-order valence-corrected chi connectivity index (χ3v) is 3.15. The fourth-order valence-corrected chi connectivity index (χ4v) is 2.19. The van der Waals surface area contributed by atoms with E-state index < -0.39 is 0 Å². The van der Waals surface area contributed by atoms with Gasteiger partial charge in [-0.3, -0.25) is 4.98 Å². The molecule has 0 saturated carbocycles. The van der Waals surface area contributed by atoms with Gasteiger partial charge < -0.3 is 4.74 Å². The first-order valence-electron chi connectivity index (χ1n) is 5.96. The van der Waals surface area contributed by atoms with Crippen LogP contribution in [0.1, 0.15) is 0 Å². The second-order valence-corrected chi connectivity index (χ2v) is 4.25. The maximum Gasteiger partial charge on any atom is 0.134 e. The number of hydrogen-bond acceptors (Lipinski definition) is 2. The minimum Gasteiger partial charge on any atom is -0.497 e. The van der Waals surface area contributed by atoms with E-state index in [0.717, 1.165) is 16.3 Å². The molecule has 3 aromatic rings. The third kappa shape index (κ3) is 2.03. The molecule has 0 amide bonds. The summed E-state index contributed by atoms with van der Waals surface area (Å²) in [7, 11) is 1.52. The number of halogens is 1. The number of benzene rings is 2. The van der Waals surface area contributed by atoms with Gasteiger partial charge in [0.2, 0.25) is 0 Å². The van der Waals surface area contributed by atoms with E-state index >= 15 is 0 Å². The zero-order valence-corrected chi connectivity index (χ0v) is 10.4. The molecule has 2 aromatic carbocycles. The summed E-state index contributed by atoms with van der Waals surface area (Å²) in [6, 6.07) is 12.6. The van der Waals surface area contributed by atoms with Gasteiger partial charge >= 0.3 is 0 Å². The molecule has 0 aliphatic carbocycles.